The molecule has 2 fully saturated rings. The molecule has 0 bridgehead atoms. The smallest absolute Gasteiger partial charge is 0.409 e. The molecule has 2 saturated heterocycles. The molecule has 0 aliphatic carbocycles. The highest BCUT2D eigenvalue weighted by Crippen LogP contribution is 2.34. The van der Waals surface area contributed by atoms with Gasteiger partial charge in [-0.05, 0) is 44.9 Å². The van der Waals surface area contributed by atoms with Crippen LogP contribution in [0, 0.1) is 17.0 Å². The van der Waals surface area contributed by atoms with E-state index in [1.807, 2.05) is 6.92 Å². The van der Waals surface area contributed by atoms with Crippen molar-refractivity contribution in [3.63, 3.8) is 0 Å². The Morgan fingerprint density at radius 1 is 0.974 bits per heavy atom. The first-order valence-corrected chi connectivity index (χ1v) is 12.6. The number of piperidine rings is 1. The van der Waals surface area contributed by atoms with Gasteiger partial charge in [-0.15, -0.1) is 0 Å². The highest BCUT2D eigenvalue weighted by molar-refractivity contribution is 5.98. The number of hydrogen-bond donors (Lipinski definition) is 1. The maximum absolute atomic E-state index is 13.5. The van der Waals surface area contributed by atoms with Gasteiger partial charge in [0.2, 0.25) is 5.75 Å². The van der Waals surface area contributed by atoms with Crippen LogP contribution in [0.4, 0.5) is 10.5 Å². The van der Waals surface area contributed by atoms with E-state index in [-0.39, 0.29) is 23.5 Å². The lowest BCUT2D eigenvalue weighted by molar-refractivity contribution is -0.385. The van der Waals surface area contributed by atoms with Gasteiger partial charge in [-0.3, -0.25) is 24.7 Å². The lowest BCUT2D eigenvalue weighted by Gasteiger charge is -2.35. The Bertz CT molecular complexity index is 1230. The predicted molar refractivity (Wildman–Crippen MR) is 136 cm³/mol. The van der Waals surface area contributed by atoms with Crippen molar-refractivity contribution in [1.29, 1.82) is 0 Å². The molecule has 1 aromatic carbocycles. The first-order valence-electron chi connectivity index (χ1n) is 12.6. The van der Waals surface area contributed by atoms with Crippen molar-refractivity contribution in [2.24, 2.45) is 0 Å². The number of ether oxygens (including phenoxy) is 1. The number of aryl methyl sites for hydroxylation is 1. The second-order valence-electron chi connectivity index (χ2n) is 9.36. The van der Waals surface area contributed by atoms with Gasteiger partial charge in [-0.25, -0.2) is 4.79 Å². The maximum atomic E-state index is 13.5. The van der Waals surface area contributed by atoms with Gasteiger partial charge in [-0.2, -0.15) is 0 Å². The molecule has 4 rings (SSSR count). The van der Waals surface area contributed by atoms with Crippen LogP contribution in [0.2, 0.25) is 0 Å². The van der Waals surface area contributed by atoms with Crippen molar-refractivity contribution in [1.82, 2.24) is 19.7 Å². The quantitative estimate of drug-likeness (QED) is 0.463. The van der Waals surface area contributed by atoms with Crippen LogP contribution >= 0.6 is 0 Å². The number of phenols is 1. The summed E-state index contributed by atoms with van der Waals surface area (Å²) in [5.74, 6) is -1.31. The van der Waals surface area contributed by atoms with Gasteiger partial charge in [0.25, 0.3) is 11.8 Å². The molecule has 2 aliphatic rings. The lowest BCUT2D eigenvalue weighted by atomic mass is 9.89. The molecular formula is C26H31N5O7. The molecule has 0 spiro atoms. The largest absolute Gasteiger partial charge is 0.502 e. The molecule has 3 heterocycles. The number of aromatic hydroxyl groups is 1. The molecule has 0 saturated carbocycles. The van der Waals surface area contributed by atoms with E-state index in [9.17, 15) is 29.6 Å². The zero-order chi connectivity index (χ0) is 27.4. The third kappa shape index (κ3) is 5.53. The van der Waals surface area contributed by atoms with Crippen molar-refractivity contribution >= 4 is 23.6 Å². The van der Waals surface area contributed by atoms with Crippen molar-refractivity contribution in [2.45, 2.75) is 32.6 Å². The number of benzene rings is 1. The van der Waals surface area contributed by atoms with Crippen LogP contribution in [-0.4, -0.2) is 93.5 Å². The van der Waals surface area contributed by atoms with Gasteiger partial charge < -0.3 is 24.5 Å². The summed E-state index contributed by atoms with van der Waals surface area (Å²) in [5, 5.41) is 21.4. The van der Waals surface area contributed by atoms with Gasteiger partial charge >= 0.3 is 11.8 Å². The number of piperazine rings is 1. The molecule has 202 valence electrons. The summed E-state index contributed by atoms with van der Waals surface area (Å²) < 4.78 is 5.05. The summed E-state index contributed by atoms with van der Waals surface area (Å²) in [4.78, 5) is 58.5. The van der Waals surface area contributed by atoms with E-state index in [1.165, 1.54) is 12.1 Å². The van der Waals surface area contributed by atoms with Gasteiger partial charge in [0, 0.05) is 56.9 Å². The normalized spacial score (nSPS) is 16.3. The van der Waals surface area contributed by atoms with E-state index in [0.717, 1.165) is 11.8 Å². The minimum atomic E-state index is -0.725. The molecule has 38 heavy (non-hydrogen) atoms. The van der Waals surface area contributed by atoms with Crippen LogP contribution in [0.1, 0.15) is 57.8 Å². The average molecular weight is 526 g/mol. The maximum Gasteiger partial charge on any atom is 0.409 e. The van der Waals surface area contributed by atoms with E-state index >= 15 is 0 Å². The Labute approximate surface area is 219 Å². The van der Waals surface area contributed by atoms with Crippen LogP contribution in [0.15, 0.2) is 30.3 Å². The Hall–Kier alpha value is -4.22. The number of nitro benzene ring substituents is 1. The number of para-hydroxylation sites is 1. The van der Waals surface area contributed by atoms with E-state index in [4.69, 9.17) is 9.72 Å². The van der Waals surface area contributed by atoms with Crippen LogP contribution in [0.5, 0.6) is 5.75 Å². The summed E-state index contributed by atoms with van der Waals surface area (Å²) in [5.41, 5.74) is 1.36. The molecule has 0 radical (unpaired) electrons. The third-order valence-corrected chi connectivity index (χ3v) is 7.00. The summed E-state index contributed by atoms with van der Waals surface area (Å²) in [6.07, 6.45) is 0.723. The highest BCUT2D eigenvalue weighted by Gasteiger charge is 2.32. The summed E-state index contributed by atoms with van der Waals surface area (Å²) in [6.45, 7) is 6.19. The zero-order valence-electron chi connectivity index (χ0n) is 21.5. The Morgan fingerprint density at radius 3 is 2.21 bits per heavy atom. The van der Waals surface area contributed by atoms with Gasteiger partial charge in [0.15, 0.2) is 0 Å². The number of nitrogens with zero attached hydrogens (tertiary/aromatic N) is 5. The van der Waals surface area contributed by atoms with E-state index in [1.54, 1.807) is 33.8 Å². The predicted octanol–water partition coefficient (Wildman–Crippen LogP) is 2.94. The zero-order valence-corrected chi connectivity index (χ0v) is 21.5. The van der Waals surface area contributed by atoms with Crippen molar-refractivity contribution < 1.29 is 29.2 Å². The Balaban J connectivity index is 1.44. The SMILES string of the molecule is CCOC(=O)N1CCN(C(=O)c2ccc(C)nc2C2CCN(C(=O)c3cccc([N+](=O)[O-])c3O)CC2)CC1. The minimum Gasteiger partial charge on any atom is -0.502 e. The van der Waals surface area contributed by atoms with Crippen molar-refractivity contribution in [3.05, 3.63) is 63.0 Å². The molecule has 1 aromatic heterocycles. The number of phenolic OH excluding ortho intramolecular Hbond substituents is 1. The fourth-order valence-corrected chi connectivity index (χ4v) is 4.92. The molecule has 2 aliphatic heterocycles. The fraction of sp³-hybridized carbons (Fsp3) is 0.462. The third-order valence-electron chi connectivity index (χ3n) is 7.00. The number of pyridine rings is 1. The second-order valence-corrected chi connectivity index (χ2v) is 9.36. The lowest BCUT2D eigenvalue weighted by Crippen LogP contribution is -2.51. The first-order chi connectivity index (χ1) is 18.2. The van der Waals surface area contributed by atoms with E-state index in [2.05, 4.69) is 0 Å². The summed E-state index contributed by atoms with van der Waals surface area (Å²) in [7, 11) is 0. The molecule has 12 heteroatoms. The number of likely N-dealkylation sites (tertiary alicyclic amines) is 1. The number of rotatable bonds is 5. The number of carbonyl (C=O) groups is 3. The second kappa shape index (κ2) is 11.4. The number of carbonyl (C=O) groups excluding carboxylic acids is 3. The van der Waals surface area contributed by atoms with E-state index < -0.39 is 22.3 Å². The Kier molecular flexibility index (Phi) is 8.08. The molecule has 0 unspecified atom stereocenters. The van der Waals surface area contributed by atoms with Gasteiger partial charge in [0.1, 0.15) is 0 Å². The minimum absolute atomic E-state index is 0.0579. The highest BCUT2D eigenvalue weighted by atomic mass is 16.6. The topological polar surface area (TPSA) is 146 Å². The molecule has 3 amide bonds. The van der Waals surface area contributed by atoms with Gasteiger partial charge in [-0.1, -0.05) is 6.07 Å². The Morgan fingerprint density at radius 2 is 1.58 bits per heavy atom. The number of hydrogen-bond acceptors (Lipinski definition) is 8. The van der Waals surface area contributed by atoms with Crippen LogP contribution < -0.4 is 0 Å². The van der Waals surface area contributed by atoms with Crippen molar-refractivity contribution in [3.8, 4) is 5.75 Å². The molecule has 1 N–H and O–H groups in total. The van der Waals surface area contributed by atoms with Crippen LogP contribution in [0.3, 0.4) is 0 Å². The number of amides is 3. The van der Waals surface area contributed by atoms with E-state index in [0.29, 0.717) is 70.0 Å². The number of nitro groups is 1. The van der Waals surface area contributed by atoms with Crippen LogP contribution in [-0.2, 0) is 4.74 Å². The fourth-order valence-electron chi connectivity index (χ4n) is 4.92. The molecule has 2 aromatic rings. The molecular weight excluding hydrogens is 494 g/mol. The van der Waals surface area contributed by atoms with Gasteiger partial charge in [0.05, 0.1) is 28.4 Å². The monoisotopic (exact) mass is 525 g/mol. The average Bonchev–Trinajstić information content (AvgIpc) is 2.92. The summed E-state index contributed by atoms with van der Waals surface area (Å²) >= 11 is 0. The molecule has 12 nitrogen and oxygen atoms in total. The number of aromatic nitrogens is 1. The first kappa shape index (κ1) is 26.8. The van der Waals surface area contributed by atoms with Crippen molar-refractivity contribution in [2.75, 3.05) is 45.9 Å². The summed E-state index contributed by atoms with van der Waals surface area (Å²) in [6, 6.07) is 7.49. The molecule has 0 atom stereocenters. The van der Waals surface area contributed by atoms with Crippen LogP contribution in [0.25, 0.3) is 0 Å². The standard InChI is InChI=1S/C26H31N5O7/c1-3-38-26(35)30-15-13-29(14-16-30)24(33)19-8-7-17(2)27-22(19)18-9-11-28(12-10-18)25(34)20-5-4-6-21(23(20)32)31(36)37/h4-8,18,32H,3,9-16H2,1-2H3.